The van der Waals surface area contributed by atoms with E-state index in [0.717, 1.165) is 38.2 Å². The molecule has 0 saturated heterocycles. The molecule has 1 N–H and O–H groups in total. The van der Waals surface area contributed by atoms with Gasteiger partial charge < -0.3 is 0 Å². The molecule has 0 amide bonds. The third kappa shape index (κ3) is 3.78. The highest BCUT2D eigenvalue weighted by Crippen LogP contribution is 2.34. The lowest BCUT2D eigenvalue weighted by Crippen LogP contribution is -2.08. The van der Waals surface area contributed by atoms with E-state index in [1.165, 1.54) is 11.3 Å². The van der Waals surface area contributed by atoms with Crippen molar-refractivity contribution in [2.45, 2.75) is 20.8 Å². The van der Waals surface area contributed by atoms with E-state index in [1.807, 2.05) is 55.7 Å². The number of aryl methyl sites for hydroxylation is 2. The van der Waals surface area contributed by atoms with Gasteiger partial charge in [-0.25, -0.2) is 4.98 Å². The molecule has 4 aromatic rings. The van der Waals surface area contributed by atoms with Crippen molar-refractivity contribution in [2.24, 2.45) is 0 Å². The van der Waals surface area contributed by atoms with E-state index in [0.29, 0.717) is 16.4 Å². The highest BCUT2D eigenvalue weighted by atomic mass is 35.5. The van der Waals surface area contributed by atoms with Crippen LogP contribution in [-0.2, 0) is 0 Å². The lowest BCUT2D eigenvalue weighted by Gasteiger charge is -2.10. The normalized spacial score (nSPS) is 10.5. The Kier molecular flexibility index (Phi) is 5.49. The van der Waals surface area contributed by atoms with Crippen LogP contribution in [0.15, 0.2) is 48.7 Å². The van der Waals surface area contributed by atoms with Crippen LogP contribution in [0.1, 0.15) is 38.9 Å². The van der Waals surface area contributed by atoms with Gasteiger partial charge in [0, 0.05) is 22.3 Å². The first kappa shape index (κ1) is 20.0. The van der Waals surface area contributed by atoms with E-state index in [2.05, 4.69) is 27.0 Å². The van der Waals surface area contributed by atoms with E-state index in [1.54, 1.807) is 18.3 Å². The third-order valence-electron chi connectivity index (χ3n) is 4.67. The zero-order valence-corrected chi connectivity index (χ0v) is 18.3. The first-order chi connectivity index (χ1) is 14.5. The van der Waals surface area contributed by atoms with Crippen molar-refractivity contribution in [3.63, 3.8) is 0 Å². The molecule has 7 heteroatoms. The molecule has 1 aromatic carbocycles. The van der Waals surface area contributed by atoms with Gasteiger partial charge in [0.15, 0.2) is 0 Å². The number of benzene rings is 1. The first-order valence-electron chi connectivity index (χ1n) is 9.26. The molecule has 0 aliphatic heterocycles. The van der Waals surface area contributed by atoms with Crippen molar-refractivity contribution in [1.82, 2.24) is 19.7 Å². The molecular weight excluding hydrogens is 414 g/mol. The second kappa shape index (κ2) is 8.23. The summed E-state index contributed by atoms with van der Waals surface area (Å²) in [5, 5.41) is 18.8. The second-order valence-electron chi connectivity index (χ2n) is 6.71. The SMILES string of the molecule is Cc1c(C#Cc2ccccn2)sc(-n2c(C)nnc2C)c1C(=N)c1ccc(Cl)cc1. The number of rotatable bonds is 3. The zero-order chi connectivity index (χ0) is 21.3. The Bertz CT molecular complexity index is 1270. The lowest BCUT2D eigenvalue weighted by atomic mass is 10.00. The second-order valence-corrected chi connectivity index (χ2v) is 8.15. The quantitative estimate of drug-likeness (QED) is 0.361. The average molecular weight is 432 g/mol. The van der Waals surface area contributed by atoms with Crippen LogP contribution < -0.4 is 0 Å². The van der Waals surface area contributed by atoms with Gasteiger partial charge in [-0.1, -0.05) is 29.8 Å². The van der Waals surface area contributed by atoms with E-state index >= 15 is 0 Å². The number of aromatic nitrogens is 4. The number of pyridine rings is 1. The molecule has 0 bridgehead atoms. The minimum Gasteiger partial charge on any atom is -0.300 e. The predicted molar refractivity (Wildman–Crippen MR) is 121 cm³/mol. The summed E-state index contributed by atoms with van der Waals surface area (Å²) in [6, 6.07) is 13.0. The van der Waals surface area contributed by atoms with Crippen molar-refractivity contribution >= 4 is 28.6 Å². The highest BCUT2D eigenvalue weighted by molar-refractivity contribution is 7.15. The summed E-state index contributed by atoms with van der Waals surface area (Å²) in [6.45, 7) is 5.81. The lowest BCUT2D eigenvalue weighted by molar-refractivity contribution is 0.953. The van der Waals surface area contributed by atoms with Crippen LogP contribution in [-0.4, -0.2) is 25.5 Å². The largest absolute Gasteiger partial charge is 0.300 e. The molecule has 0 aliphatic rings. The molecule has 0 aliphatic carbocycles. The van der Waals surface area contributed by atoms with Crippen LogP contribution in [0.25, 0.3) is 5.00 Å². The Morgan fingerprint density at radius 2 is 1.70 bits per heavy atom. The molecule has 5 nitrogen and oxygen atoms in total. The van der Waals surface area contributed by atoms with Gasteiger partial charge in [-0.05, 0) is 62.4 Å². The Labute approximate surface area is 183 Å². The van der Waals surface area contributed by atoms with Crippen molar-refractivity contribution in [3.05, 3.63) is 92.6 Å². The molecule has 0 radical (unpaired) electrons. The van der Waals surface area contributed by atoms with Crippen molar-refractivity contribution in [1.29, 1.82) is 5.41 Å². The number of thiophene rings is 1. The fourth-order valence-corrected chi connectivity index (χ4v) is 4.54. The van der Waals surface area contributed by atoms with Crippen LogP contribution in [0.4, 0.5) is 0 Å². The molecule has 0 saturated carbocycles. The molecule has 4 rings (SSSR count). The van der Waals surface area contributed by atoms with E-state index < -0.39 is 0 Å². The van der Waals surface area contributed by atoms with Crippen molar-refractivity contribution in [3.8, 4) is 16.8 Å². The Hall–Kier alpha value is -3.27. The summed E-state index contributed by atoms with van der Waals surface area (Å²) in [5.41, 5.74) is 3.67. The van der Waals surface area contributed by atoms with Crippen LogP contribution in [0, 0.1) is 38.0 Å². The molecule has 0 fully saturated rings. The summed E-state index contributed by atoms with van der Waals surface area (Å²) < 4.78 is 1.98. The maximum atomic E-state index is 8.92. The van der Waals surface area contributed by atoms with Crippen molar-refractivity contribution < 1.29 is 0 Å². The molecule has 0 unspecified atom stereocenters. The van der Waals surface area contributed by atoms with Gasteiger partial charge in [0.2, 0.25) is 0 Å². The molecule has 3 heterocycles. The fraction of sp³-hybridized carbons (Fsp3) is 0.130. The molecule has 0 spiro atoms. The predicted octanol–water partition coefficient (Wildman–Crippen LogP) is 5.12. The number of hydrogen-bond acceptors (Lipinski definition) is 5. The van der Waals surface area contributed by atoms with Gasteiger partial charge in [-0.3, -0.25) is 9.98 Å². The van der Waals surface area contributed by atoms with Gasteiger partial charge in [-0.15, -0.1) is 21.5 Å². The number of hydrogen-bond donors (Lipinski definition) is 1. The third-order valence-corrected chi connectivity index (χ3v) is 6.11. The summed E-state index contributed by atoms with van der Waals surface area (Å²) in [7, 11) is 0. The van der Waals surface area contributed by atoms with Crippen LogP contribution >= 0.6 is 22.9 Å². The van der Waals surface area contributed by atoms with Gasteiger partial charge in [0.1, 0.15) is 22.3 Å². The number of nitrogens with one attached hydrogen (secondary N) is 1. The van der Waals surface area contributed by atoms with Gasteiger partial charge in [0.05, 0.1) is 10.6 Å². The smallest absolute Gasteiger partial charge is 0.135 e. The fourth-order valence-electron chi connectivity index (χ4n) is 3.15. The molecule has 148 valence electrons. The highest BCUT2D eigenvalue weighted by Gasteiger charge is 2.23. The maximum Gasteiger partial charge on any atom is 0.135 e. The topological polar surface area (TPSA) is 67.5 Å². The Balaban J connectivity index is 1.89. The van der Waals surface area contributed by atoms with Gasteiger partial charge in [-0.2, -0.15) is 0 Å². The summed E-state index contributed by atoms with van der Waals surface area (Å²) in [4.78, 5) is 5.16. The van der Waals surface area contributed by atoms with E-state index in [9.17, 15) is 0 Å². The minimum atomic E-state index is 0.411. The maximum absolute atomic E-state index is 8.92. The van der Waals surface area contributed by atoms with E-state index in [-0.39, 0.29) is 0 Å². The average Bonchev–Trinajstić information content (AvgIpc) is 3.25. The van der Waals surface area contributed by atoms with Crippen molar-refractivity contribution in [2.75, 3.05) is 0 Å². The summed E-state index contributed by atoms with van der Waals surface area (Å²) in [5.74, 6) is 7.90. The van der Waals surface area contributed by atoms with Gasteiger partial charge in [0.25, 0.3) is 0 Å². The number of halogens is 1. The molecule has 3 aromatic heterocycles. The van der Waals surface area contributed by atoms with Crippen LogP contribution in [0.2, 0.25) is 5.02 Å². The minimum absolute atomic E-state index is 0.411. The monoisotopic (exact) mass is 431 g/mol. The first-order valence-corrected chi connectivity index (χ1v) is 10.5. The van der Waals surface area contributed by atoms with Crippen LogP contribution in [0.3, 0.4) is 0 Å². The summed E-state index contributed by atoms with van der Waals surface area (Å²) in [6.07, 6.45) is 1.72. The molecule has 0 atom stereocenters. The zero-order valence-electron chi connectivity index (χ0n) is 16.7. The molecular formula is C23H18ClN5S. The molecule has 30 heavy (non-hydrogen) atoms. The summed E-state index contributed by atoms with van der Waals surface area (Å²) >= 11 is 7.57. The number of nitrogens with zero attached hydrogens (tertiary/aromatic N) is 4. The standard InChI is InChI=1S/C23H18ClN5S/c1-14-20(12-11-19-6-4-5-13-26-19)30-23(29-15(2)27-28-16(29)3)21(14)22(25)17-7-9-18(24)10-8-17/h4-10,13,25H,1-3H3. The van der Waals surface area contributed by atoms with Crippen LogP contribution in [0.5, 0.6) is 0 Å². The Morgan fingerprint density at radius 3 is 2.33 bits per heavy atom. The Morgan fingerprint density at radius 1 is 1.00 bits per heavy atom. The van der Waals surface area contributed by atoms with E-state index in [4.69, 9.17) is 17.0 Å². The van der Waals surface area contributed by atoms with Gasteiger partial charge >= 0.3 is 0 Å².